The number of nitrogens with one attached hydrogen (secondary N) is 1. The molecule has 0 aliphatic heterocycles. The average Bonchev–Trinajstić information content (AvgIpc) is 3.03. The minimum absolute atomic E-state index is 0.106. The van der Waals surface area contributed by atoms with Crippen LogP contribution in [0.3, 0.4) is 0 Å². The van der Waals surface area contributed by atoms with Crippen molar-refractivity contribution in [3.8, 4) is 0 Å². The number of hydrogen-bond acceptors (Lipinski definition) is 5. The van der Waals surface area contributed by atoms with Crippen LogP contribution in [0.4, 0.5) is 5.82 Å². The second-order valence-electron chi connectivity index (χ2n) is 5.47. The topological polar surface area (TPSA) is 68.5 Å². The summed E-state index contributed by atoms with van der Waals surface area (Å²) in [5, 5.41) is 8.65. The first-order valence-electron chi connectivity index (χ1n) is 7.68. The van der Waals surface area contributed by atoms with Gasteiger partial charge in [0.25, 0.3) is 0 Å². The van der Waals surface area contributed by atoms with E-state index < -0.39 is 0 Å². The maximum absolute atomic E-state index is 4.51. The fourth-order valence-electron chi connectivity index (χ4n) is 2.73. The molecule has 0 amide bonds. The normalized spacial score (nSPS) is 12.2. The number of benzene rings is 1. The molecule has 0 saturated heterocycles. The summed E-state index contributed by atoms with van der Waals surface area (Å²) in [4.78, 5) is 13.2. The van der Waals surface area contributed by atoms with E-state index in [-0.39, 0.29) is 6.04 Å². The van der Waals surface area contributed by atoms with E-state index in [0.29, 0.717) is 0 Å². The maximum Gasteiger partial charge on any atom is 0.163 e. The van der Waals surface area contributed by atoms with Gasteiger partial charge in [0.1, 0.15) is 12.1 Å². The zero-order chi connectivity index (χ0) is 16.4. The molecule has 4 aromatic rings. The molecular weight excluding hydrogens is 300 g/mol. The van der Waals surface area contributed by atoms with Crippen LogP contribution in [0.1, 0.15) is 17.3 Å². The van der Waals surface area contributed by atoms with Gasteiger partial charge in [-0.3, -0.25) is 9.67 Å². The molecule has 1 atom stereocenters. The monoisotopic (exact) mass is 316 g/mol. The zero-order valence-electron chi connectivity index (χ0n) is 13.2. The number of hydrogen-bond donors (Lipinski definition) is 1. The Kier molecular flexibility index (Phi) is 3.63. The molecule has 3 heterocycles. The van der Waals surface area contributed by atoms with Gasteiger partial charge in [-0.25, -0.2) is 9.97 Å². The lowest BCUT2D eigenvalue weighted by atomic mass is 10.0. The lowest BCUT2D eigenvalue weighted by Gasteiger charge is -2.19. The number of fused-ring (bicyclic) bond motifs is 1. The Morgan fingerprint density at radius 2 is 1.79 bits per heavy atom. The van der Waals surface area contributed by atoms with Crippen molar-refractivity contribution < 1.29 is 0 Å². The molecule has 3 aromatic heterocycles. The van der Waals surface area contributed by atoms with E-state index >= 15 is 0 Å². The highest BCUT2D eigenvalue weighted by molar-refractivity contribution is 5.86. The molecule has 1 unspecified atom stereocenters. The first-order chi connectivity index (χ1) is 11.8. The van der Waals surface area contributed by atoms with E-state index in [1.165, 1.54) is 0 Å². The third-order valence-electron chi connectivity index (χ3n) is 3.93. The quantitative estimate of drug-likeness (QED) is 0.627. The Bertz CT molecular complexity index is 910. The molecule has 118 valence electrons. The summed E-state index contributed by atoms with van der Waals surface area (Å²) in [5.41, 5.74) is 2.84. The van der Waals surface area contributed by atoms with Crippen LogP contribution in [0.2, 0.25) is 0 Å². The molecule has 1 aromatic carbocycles. The van der Waals surface area contributed by atoms with Crippen molar-refractivity contribution >= 4 is 16.9 Å². The first-order valence-corrected chi connectivity index (χ1v) is 7.68. The van der Waals surface area contributed by atoms with Crippen molar-refractivity contribution in [2.45, 2.75) is 6.04 Å². The minimum atomic E-state index is -0.106. The second-order valence-corrected chi connectivity index (χ2v) is 5.47. The third-order valence-corrected chi connectivity index (χ3v) is 3.93. The molecule has 6 nitrogen and oxygen atoms in total. The molecular formula is C18H16N6. The second kappa shape index (κ2) is 6.08. The molecule has 0 radical (unpaired) electrons. The van der Waals surface area contributed by atoms with Crippen molar-refractivity contribution in [3.05, 3.63) is 78.5 Å². The maximum atomic E-state index is 4.51. The Morgan fingerprint density at radius 1 is 0.958 bits per heavy atom. The van der Waals surface area contributed by atoms with Gasteiger partial charge in [0.15, 0.2) is 5.65 Å². The van der Waals surface area contributed by atoms with Gasteiger partial charge in [-0.15, -0.1) is 0 Å². The number of aryl methyl sites for hydroxylation is 1. The predicted molar refractivity (Wildman–Crippen MR) is 92.4 cm³/mol. The molecule has 0 spiro atoms. The molecule has 0 bridgehead atoms. The molecule has 4 rings (SSSR count). The number of rotatable bonds is 4. The van der Waals surface area contributed by atoms with Crippen LogP contribution in [0, 0.1) is 0 Å². The molecule has 1 N–H and O–H groups in total. The smallest absolute Gasteiger partial charge is 0.163 e. The Labute approximate surface area is 139 Å². The molecule has 0 saturated carbocycles. The SMILES string of the molecule is Cn1ncc2c(NC(c3ccccc3)c3ccccn3)ncnc21. The van der Waals surface area contributed by atoms with Gasteiger partial charge in [-0.1, -0.05) is 36.4 Å². The largest absolute Gasteiger partial charge is 0.357 e. The standard InChI is InChI=1S/C18H16N6/c1-24-18-14(11-22-24)17(20-12-21-18)23-16(13-7-3-2-4-8-13)15-9-5-6-10-19-15/h2-12,16H,1H3,(H,20,21,23). The van der Waals surface area contributed by atoms with Crippen LogP contribution in [-0.2, 0) is 7.05 Å². The van der Waals surface area contributed by atoms with Gasteiger partial charge in [0.2, 0.25) is 0 Å². The molecule has 0 fully saturated rings. The number of pyridine rings is 1. The summed E-state index contributed by atoms with van der Waals surface area (Å²) in [6.45, 7) is 0. The summed E-state index contributed by atoms with van der Waals surface area (Å²) in [5.74, 6) is 0.743. The minimum Gasteiger partial charge on any atom is -0.357 e. The van der Waals surface area contributed by atoms with E-state index in [9.17, 15) is 0 Å². The summed E-state index contributed by atoms with van der Waals surface area (Å²) in [7, 11) is 1.87. The highest BCUT2D eigenvalue weighted by atomic mass is 15.3. The van der Waals surface area contributed by atoms with Crippen molar-refractivity contribution in [2.75, 3.05) is 5.32 Å². The lowest BCUT2D eigenvalue weighted by Crippen LogP contribution is -2.15. The van der Waals surface area contributed by atoms with Crippen LogP contribution in [0.25, 0.3) is 11.0 Å². The highest BCUT2D eigenvalue weighted by Gasteiger charge is 2.18. The van der Waals surface area contributed by atoms with Gasteiger partial charge in [0, 0.05) is 13.2 Å². The lowest BCUT2D eigenvalue weighted by molar-refractivity contribution is 0.785. The molecule has 0 aliphatic rings. The van der Waals surface area contributed by atoms with Crippen LogP contribution < -0.4 is 5.32 Å². The first kappa shape index (κ1) is 14.3. The Hall–Kier alpha value is -3.28. The summed E-state index contributed by atoms with van der Waals surface area (Å²) >= 11 is 0. The van der Waals surface area contributed by atoms with E-state index in [2.05, 4.69) is 37.5 Å². The fourth-order valence-corrected chi connectivity index (χ4v) is 2.73. The van der Waals surface area contributed by atoms with E-state index in [1.807, 2.05) is 43.4 Å². The Balaban J connectivity index is 1.80. The summed E-state index contributed by atoms with van der Waals surface area (Å²) in [6, 6.07) is 16.0. The third kappa shape index (κ3) is 2.58. The molecule has 6 heteroatoms. The van der Waals surface area contributed by atoms with Crippen molar-refractivity contribution in [2.24, 2.45) is 7.05 Å². The van der Waals surface area contributed by atoms with E-state index in [4.69, 9.17) is 0 Å². The summed E-state index contributed by atoms with van der Waals surface area (Å²) in [6.07, 6.45) is 5.12. The van der Waals surface area contributed by atoms with Gasteiger partial charge < -0.3 is 5.32 Å². The summed E-state index contributed by atoms with van der Waals surface area (Å²) < 4.78 is 1.74. The predicted octanol–water partition coefficient (Wildman–Crippen LogP) is 2.96. The number of aromatic nitrogens is 5. The molecule has 0 aliphatic carbocycles. The highest BCUT2D eigenvalue weighted by Crippen LogP contribution is 2.27. The van der Waals surface area contributed by atoms with Gasteiger partial charge in [-0.2, -0.15) is 5.10 Å². The van der Waals surface area contributed by atoms with Gasteiger partial charge >= 0.3 is 0 Å². The average molecular weight is 316 g/mol. The van der Waals surface area contributed by atoms with Crippen LogP contribution >= 0.6 is 0 Å². The van der Waals surface area contributed by atoms with Crippen LogP contribution in [0.15, 0.2) is 67.3 Å². The van der Waals surface area contributed by atoms with Crippen molar-refractivity contribution in [1.82, 2.24) is 24.7 Å². The van der Waals surface area contributed by atoms with E-state index in [1.54, 1.807) is 23.4 Å². The van der Waals surface area contributed by atoms with E-state index in [0.717, 1.165) is 28.1 Å². The van der Waals surface area contributed by atoms with Crippen molar-refractivity contribution in [1.29, 1.82) is 0 Å². The van der Waals surface area contributed by atoms with Gasteiger partial charge in [0.05, 0.1) is 23.3 Å². The zero-order valence-corrected chi connectivity index (χ0v) is 13.2. The fraction of sp³-hybridized carbons (Fsp3) is 0.111. The van der Waals surface area contributed by atoms with Crippen molar-refractivity contribution in [3.63, 3.8) is 0 Å². The van der Waals surface area contributed by atoms with Gasteiger partial charge in [-0.05, 0) is 17.7 Å². The Morgan fingerprint density at radius 3 is 2.58 bits per heavy atom. The number of nitrogens with zero attached hydrogens (tertiary/aromatic N) is 5. The van der Waals surface area contributed by atoms with Crippen LogP contribution in [0.5, 0.6) is 0 Å². The van der Waals surface area contributed by atoms with Crippen LogP contribution in [-0.4, -0.2) is 24.7 Å². The number of anilines is 1. The molecule has 24 heavy (non-hydrogen) atoms.